The number of esters is 2. The first kappa shape index (κ1) is 24.1. The van der Waals surface area contributed by atoms with Crippen LogP contribution in [0.4, 0.5) is 4.39 Å². The molecular formula is C23H30FNO4S. The molecule has 0 saturated heterocycles. The van der Waals surface area contributed by atoms with Crippen molar-refractivity contribution in [1.29, 1.82) is 0 Å². The molecule has 0 unspecified atom stereocenters. The molecule has 0 N–H and O–H groups in total. The van der Waals surface area contributed by atoms with Gasteiger partial charge in [-0.05, 0) is 77.6 Å². The average molecular weight is 436 g/mol. The number of aliphatic imine (C=N–C) groups is 1. The van der Waals surface area contributed by atoms with E-state index in [4.69, 9.17) is 9.47 Å². The molecule has 5 nitrogen and oxygen atoms in total. The van der Waals surface area contributed by atoms with E-state index < -0.39 is 22.6 Å². The number of halogens is 1. The molecule has 1 aliphatic rings. The van der Waals surface area contributed by atoms with E-state index in [9.17, 15) is 14.0 Å². The minimum atomic E-state index is -0.989. The van der Waals surface area contributed by atoms with Gasteiger partial charge in [0.1, 0.15) is 22.6 Å². The van der Waals surface area contributed by atoms with Crippen molar-refractivity contribution in [3.05, 3.63) is 46.6 Å². The highest BCUT2D eigenvalue weighted by Gasteiger charge is 2.31. The van der Waals surface area contributed by atoms with Gasteiger partial charge in [-0.3, -0.25) is 14.6 Å². The molecule has 7 heteroatoms. The third kappa shape index (κ3) is 7.27. The molecule has 0 fully saturated rings. The largest absolute Gasteiger partial charge is 0.460 e. The van der Waals surface area contributed by atoms with Gasteiger partial charge in [0.15, 0.2) is 0 Å². The Morgan fingerprint density at radius 2 is 1.60 bits per heavy atom. The number of rotatable bonds is 5. The lowest BCUT2D eigenvalue weighted by atomic mass is 9.90. The Balaban J connectivity index is 2.25. The summed E-state index contributed by atoms with van der Waals surface area (Å²) in [5.41, 5.74) is -1.19. The first-order valence-electron chi connectivity index (χ1n) is 9.83. The minimum Gasteiger partial charge on any atom is -0.460 e. The summed E-state index contributed by atoms with van der Waals surface area (Å²) in [6.45, 7) is 12.6. The standard InChI is InChI=1S/C23H30FNO4S/c1-21(2,3)28-19(26)13-15-8-9-17(24)16(12-15)23(7)10-11-30-18(25-23)14-20(27)29-22(4,5)6/h8-12H,13-14H2,1-7H3/t23-/m0/s1. The summed E-state index contributed by atoms with van der Waals surface area (Å²) in [5.74, 6) is -1.19. The Hall–Kier alpha value is -2.15. The fourth-order valence-electron chi connectivity index (χ4n) is 2.91. The second kappa shape index (κ2) is 8.92. The van der Waals surface area contributed by atoms with E-state index in [1.807, 2.05) is 0 Å². The normalized spacial score (nSPS) is 19.3. The molecule has 30 heavy (non-hydrogen) atoms. The molecule has 1 aromatic rings. The van der Waals surface area contributed by atoms with Gasteiger partial charge in [-0.15, -0.1) is 0 Å². The van der Waals surface area contributed by atoms with E-state index in [1.54, 1.807) is 72.1 Å². The quantitative estimate of drug-likeness (QED) is 0.586. The van der Waals surface area contributed by atoms with Crippen LogP contribution >= 0.6 is 11.8 Å². The van der Waals surface area contributed by atoms with Crippen molar-refractivity contribution in [2.24, 2.45) is 4.99 Å². The zero-order chi connectivity index (χ0) is 22.7. The van der Waals surface area contributed by atoms with Gasteiger partial charge >= 0.3 is 11.9 Å². The van der Waals surface area contributed by atoms with Crippen LogP contribution < -0.4 is 0 Å². The minimum absolute atomic E-state index is 0.0150. The second-order valence-electron chi connectivity index (χ2n) is 9.41. The van der Waals surface area contributed by atoms with Crippen molar-refractivity contribution < 1.29 is 23.5 Å². The predicted octanol–water partition coefficient (Wildman–Crippen LogP) is 5.32. The van der Waals surface area contributed by atoms with Gasteiger partial charge in [0.25, 0.3) is 0 Å². The van der Waals surface area contributed by atoms with E-state index in [2.05, 4.69) is 4.99 Å². The number of carbonyl (C=O) groups is 2. The Bertz CT molecular complexity index is 880. The Kier molecular flexibility index (Phi) is 7.17. The third-order valence-electron chi connectivity index (χ3n) is 4.01. The molecule has 0 radical (unpaired) electrons. The zero-order valence-corrected chi connectivity index (χ0v) is 19.5. The van der Waals surface area contributed by atoms with Crippen LogP contribution in [-0.2, 0) is 31.0 Å². The van der Waals surface area contributed by atoms with Crippen molar-refractivity contribution >= 4 is 28.7 Å². The summed E-state index contributed by atoms with van der Waals surface area (Å²) < 4.78 is 25.4. The van der Waals surface area contributed by atoms with Gasteiger partial charge in [0, 0.05) is 5.56 Å². The average Bonchev–Trinajstić information content (AvgIpc) is 2.53. The molecule has 0 saturated carbocycles. The second-order valence-corrected chi connectivity index (χ2v) is 10.4. The summed E-state index contributed by atoms with van der Waals surface area (Å²) in [4.78, 5) is 29.0. The van der Waals surface area contributed by atoms with Crippen molar-refractivity contribution in [3.63, 3.8) is 0 Å². The van der Waals surface area contributed by atoms with E-state index in [0.29, 0.717) is 16.2 Å². The van der Waals surface area contributed by atoms with E-state index >= 15 is 0 Å². The van der Waals surface area contributed by atoms with Crippen LogP contribution in [0.25, 0.3) is 0 Å². The number of ether oxygens (including phenoxy) is 2. The molecular weight excluding hydrogens is 405 g/mol. The maximum atomic E-state index is 14.7. The van der Waals surface area contributed by atoms with Crippen LogP contribution in [0.2, 0.25) is 0 Å². The molecule has 0 aliphatic carbocycles. The fourth-order valence-corrected chi connectivity index (χ4v) is 3.85. The van der Waals surface area contributed by atoms with Gasteiger partial charge in [-0.2, -0.15) is 0 Å². The maximum Gasteiger partial charge on any atom is 0.312 e. The van der Waals surface area contributed by atoms with Crippen molar-refractivity contribution in [1.82, 2.24) is 0 Å². The lowest BCUT2D eigenvalue weighted by molar-refractivity contribution is -0.154. The fraction of sp³-hybridized carbons (Fsp3) is 0.522. The van der Waals surface area contributed by atoms with E-state index in [0.717, 1.165) is 0 Å². The highest BCUT2D eigenvalue weighted by molar-refractivity contribution is 8.16. The number of hydrogen-bond donors (Lipinski definition) is 0. The molecule has 1 heterocycles. The highest BCUT2D eigenvalue weighted by atomic mass is 32.2. The lowest BCUT2D eigenvalue weighted by Gasteiger charge is -2.27. The Morgan fingerprint density at radius 1 is 1.03 bits per heavy atom. The number of benzene rings is 1. The van der Waals surface area contributed by atoms with Crippen molar-refractivity contribution in [2.45, 2.75) is 78.0 Å². The van der Waals surface area contributed by atoms with Crippen molar-refractivity contribution in [2.75, 3.05) is 0 Å². The molecule has 0 aromatic heterocycles. The lowest BCUT2D eigenvalue weighted by Crippen LogP contribution is -2.27. The first-order chi connectivity index (χ1) is 13.7. The van der Waals surface area contributed by atoms with Gasteiger partial charge < -0.3 is 9.47 Å². The van der Waals surface area contributed by atoms with Gasteiger partial charge in [0.2, 0.25) is 0 Å². The molecule has 0 bridgehead atoms. The van der Waals surface area contributed by atoms with E-state index in [-0.39, 0.29) is 24.8 Å². The maximum absolute atomic E-state index is 14.7. The Morgan fingerprint density at radius 3 is 2.17 bits per heavy atom. The van der Waals surface area contributed by atoms with Crippen LogP contribution in [0, 0.1) is 5.82 Å². The van der Waals surface area contributed by atoms with Crippen LogP contribution in [0.15, 0.2) is 34.7 Å². The van der Waals surface area contributed by atoms with E-state index in [1.165, 1.54) is 17.8 Å². The first-order valence-corrected chi connectivity index (χ1v) is 10.7. The van der Waals surface area contributed by atoms with Crippen LogP contribution in [0.1, 0.15) is 66.0 Å². The molecule has 2 rings (SSSR count). The third-order valence-corrected chi connectivity index (χ3v) is 4.79. The summed E-state index contributed by atoms with van der Waals surface area (Å²) in [7, 11) is 0. The smallest absolute Gasteiger partial charge is 0.312 e. The molecule has 0 amide bonds. The number of hydrogen-bond acceptors (Lipinski definition) is 6. The zero-order valence-electron chi connectivity index (χ0n) is 18.7. The predicted molar refractivity (Wildman–Crippen MR) is 118 cm³/mol. The summed E-state index contributed by atoms with van der Waals surface area (Å²) >= 11 is 1.31. The van der Waals surface area contributed by atoms with Crippen LogP contribution in [-0.4, -0.2) is 28.2 Å². The summed E-state index contributed by atoms with van der Waals surface area (Å²) in [6, 6.07) is 4.53. The molecule has 164 valence electrons. The molecule has 1 aromatic carbocycles. The molecule has 1 atom stereocenters. The number of nitrogens with zero attached hydrogens (tertiary/aromatic N) is 1. The highest BCUT2D eigenvalue weighted by Crippen LogP contribution is 2.36. The van der Waals surface area contributed by atoms with Gasteiger partial charge in [-0.25, -0.2) is 4.39 Å². The number of thioether (sulfide) groups is 1. The monoisotopic (exact) mass is 435 g/mol. The Labute approximate surface area is 182 Å². The molecule has 1 aliphatic heterocycles. The van der Waals surface area contributed by atoms with Crippen molar-refractivity contribution in [3.8, 4) is 0 Å². The molecule has 0 spiro atoms. The van der Waals surface area contributed by atoms with Crippen LogP contribution in [0.3, 0.4) is 0 Å². The summed E-state index contributed by atoms with van der Waals surface area (Å²) in [5, 5.41) is 2.35. The van der Waals surface area contributed by atoms with Crippen LogP contribution in [0.5, 0.6) is 0 Å². The summed E-state index contributed by atoms with van der Waals surface area (Å²) in [6.07, 6.45) is 1.83. The number of carbonyl (C=O) groups excluding carboxylic acids is 2. The van der Waals surface area contributed by atoms with Gasteiger partial charge in [-0.1, -0.05) is 17.8 Å². The SMILES string of the molecule is CC(C)(C)OC(=O)CC1=N[C@](C)(c2cc(CC(=O)OC(C)(C)C)ccc2F)C=CS1. The van der Waals surface area contributed by atoms with Gasteiger partial charge in [0.05, 0.1) is 17.9 Å². The topological polar surface area (TPSA) is 65.0 Å².